The van der Waals surface area contributed by atoms with E-state index in [0.717, 1.165) is 39.1 Å². The standard InChI is InChI=1S/C16H26N2O/c1-3-15(17)16(14-7-5-13(2)6-8-14)18-9-4-11-19-12-10-18/h5-8,15-16H,3-4,9-12,17H2,1-2H3. The molecule has 1 aromatic rings. The summed E-state index contributed by atoms with van der Waals surface area (Å²) in [5.74, 6) is 0. The minimum Gasteiger partial charge on any atom is -0.380 e. The van der Waals surface area contributed by atoms with Crippen molar-refractivity contribution in [3.8, 4) is 0 Å². The largest absolute Gasteiger partial charge is 0.380 e. The van der Waals surface area contributed by atoms with Gasteiger partial charge in [0.25, 0.3) is 0 Å². The molecule has 0 aliphatic carbocycles. The van der Waals surface area contributed by atoms with E-state index in [0.29, 0.717) is 6.04 Å². The first kappa shape index (κ1) is 14.5. The molecule has 2 atom stereocenters. The van der Waals surface area contributed by atoms with Crippen LogP contribution in [0.2, 0.25) is 0 Å². The van der Waals surface area contributed by atoms with E-state index in [2.05, 4.69) is 43.0 Å². The second-order valence-electron chi connectivity index (χ2n) is 5.43. The van der Waals surface area contributed by atoms with Crippen molar-refractivity contribution in [2.24, 2.45) is 5.73 Å². The minimum atomic E-state index is 0.181. The predicted molar refractivity (Wildman–Crippen MR) is 79.2 cm³/mol. The summed E-state index contributed by atoms with van der Waals surface area (Å²) in [6, 6.07) is 9.30. The third-order valence-electron chi connectivity index (χ3n) is 3.95. The second kappa shape index (κ2) is 7.04. The molecule has 3 heteroatoms. The maximum atomic E-state index is 6.39. The normalized spacial score (nSPS) is 20.8. The number of aryl methyl sites for hydroxylation is 1. The number of nitrogens with two attached hydrogens (primary N) is 1. The molecular weight excluding hydrogens is 236 g/mol. The Kier molecular flexibility index (Phi) is 5.37. The van der Waals surface area contributed by atoms with Crippen LogP contribution in [0.15, 0.2) is 24.3 Å². The molecule has 0 aromatic heterocycles. The topological polar surface area (TPSA) is 38.5 Å². The highest BCUT2D eigenvalue weighted by Crippen LogP contribution is 2.26. The van der Waals surface area contributed by atoms with Gasteiger partial charge in [-0.05, 0) is 25.3 Å². The SMILES string of the molecule is CCC(N)C(c1ccc(C)cc1)N1CCCOCC1. The lowest BCUT2D eigenvalue weighted by atomic mass is 9.95. The van der Waals surface area contributed by atoms with Gasteiger partial charge in [-0.2, -0.15) is 0 Å². The summed E-state index contributed by atoms with van der Waals surface area (Å²) in [5, 5.41) is 0. The molecule has 0 radical (unpaired) electrons. The van der Waals surface area contributed by atoms with E-state index in [-0.39, 0.29) is 6.04 Å². The monoisotopic (exact) mass is 262 g/mol. The maximum absolute atomic E-state index is 6.39. The zero-order valence-electron chi connectivity index (χ0n) is 12.1. The van der Waals surface area contributed by atoms with Gasteiger partial charge in [-0.25, -0.2) is 0 Å². The molecule has 2 unspecified atom stereocenters. The van der Waals surface area contributed by atoms with Gasteiger partial charge in [0.2, 0.25) is 0 Å². The van der Waals surface area contributed by atoms with Crippen LogP contribution in [0.25, 0.3) is 0 Å². The Bertz CT molecular complexity index is 369. The van der Waals surface area contributed by atoms with Crippen LogP contribution in [-0.2, 0) is 4.74 Å². The van der Waals surface area contributed by atoms with Crippen molar-refractivity contribution in [2.45, 2.75) is 38.8 Å². The molecule has 1 saturated heterocycles. The third kappa shape index (κ3) is 3.78. The number of ether oxygens (including phenoxy) is 1. The Labute approximate surface area is 116 Å². The summed E-state index contributed by atoms with van der Waals surface area (Å²) in [6.07, 6.45) is 2.09. The smallest absolute Gasteiger partial charge is 0.0593 e. The molecule has 19 heavy (non-hydrogen) atoms. The van der Waals surface area contributed by atoms with Gasteiger partial charge in [-0.1, -0.05) is 36.8 Å². The van der Waals surface area contributed by atoms with Crippen molar-refractivity contribution in [2.75, 3.05) is 26.3 Å². The molecular formula is C16H26N2O. The highest BCUT2D eigenvalue weighted by molar-refractivity contribution is 5.25. The molecule has 3 nitrogen and oxygen atoms in total. The fraction of sp³-hybridized carbons (Fsp3) is 0.625. The van der Waals surface area contributed by atoms with Crippen molar-refractivity contribution < 1.29 is 4.74 Å². The summed E-state index contributed by atoms with van der Waals surface area (Å²) < 4.78 is 5.56. The highest BCUT2D eigenvalue weighted by Gasteiger charge is 2.26. The first-order valence-electron chi connectivity index (χ1n) is 7.36. The molecule has 0 amide bonds. The number of hydrogen-bond acceptors (Lipinski definition) is 3. The Morgan fingerprint density at radius 1 is 1.21 bits per heavy atom. The molecule has 0 spiro atoms. The van der Waals surface area contributed by atoms with Crippen LogP contribution in [0, 0.1) is 6.92 Å². The molecule has 1 aliphatic heterocycles. The second-order valence-corrected chi connectivity index (χ2v) is 5.43. The lowest BCUT2D eigenvalue weighted by Gasteiger charge is -2.34. The van der Waals surface area contributed by atoms with Gasteiger partial charge in [-0.3, -0.25) is 4.90 Å². The van der Waals surface area contributed by atoms with Gasteiger partial charge in [0.15, 0.2) is 0 Å². The van der Waals surface area contributed by atoms with Gasteiger partial charge >= 0.3 is 0 Å². The number of rotatable bonds is 4. The van der Waals surface area contributed by atoms with E-state index >= 15 is 0 Å². The highest BCUT2D eigenvalue weighted by atomic mass is 16.5. The van der Waals surface area contributed by atoms with Crippen molar-refractivity contribution in [3.05, 3.63) is 35.4 Å². The van der Waals surface area contributed by atoms with Crippen LogP contribution in [0.4, 0.5) is 0 Å². The molecule has 1 aromatic carbocycles. The fourth-order valence-electron chi connectivity index (χ4n) is 2.76. The predicted octanol–water partition coefficient (Wildman–Crippen LogP) is 2.50. The average molecular weight is 262 g/mol. The van der Waals surface area contributed by atoms with Crippen molar-refractivity contribution >= 4 is 0 Å². The van der Waals surface area contributed by atoms with E-state index in [1.807, 2.05) is 0 Å². The van der Waals surface area contributed by atoms with Gasteiger partial charge in [0, 0.05) is 31.8 Å². The Balaban J connectivity index is 2.21. The summed E-state index contributed by atoms with van der Waals surface area (Å²) in [7, 11) is 0. The zero-order valence-corrected chi connectivity index (χ0v) is 12.1. The number of hydrogen-bond donors (Lipinski definition) is 1. The van der Waals surface area contributed by atoms with Crippen LogP contribution in [0.3, 0.4) is 0 Å². The first-order chi connectivity index (χ1) is 9.22. The molecule has 2 rings (SSSR count). The molecule has 1 heterocycles. The van der Waals surface area contributed by atoms with E-state index in [1.165, 1.54) is 11.1 Å². The molecule has 1 aliphatic rings. The van der Waals surface area contributed by atoms with Crippen LogP contribution >= 0.6 is 0 Å². The summed E-state index contributed by atoms with van der Waals surface area (Å²) >= 11 is 0. The quantitative estimate of drug-likeness (QED) is 0.906. The third-order valence-corrected chi connectivity index (χ3v) is 3.95. The molecule has 0 bridgehead atoms. The summed E-state index contributed by atoms with van der Waals surface area (Å²) in [6.45, 7) is 8.04. The summed E-state index contributed by atoms with van der Waals surface area (Å²) in [4.78, 5) is 2.49. The van der Waals surface area contributed by atoms with E-state index in [9.17, 15) is 0 Å². The van der Waals surface area contributed by atoms with Crippen LogP contribution in [-0.4, -0.2) is 37.2 Å². The fourth-order valence-corrected chi connectivity index (χ4v) is 2.76. The van der Waals surface area contributed by atoms with E-state index in [4.69, 9.17) is 10.5 Å². The zero-order chi connectivity index (χ0) is 13.7. The van der Waals surface area contributed by atoms with Gasteiger partial charge in [-0.15, -0.1) is 0 Å². The first-order valence-corrected chi connectivity index (χ1v) is 7.36. The van der Waals surface area contributed by atoms with Crippen LogP contribution < -0.4 is 5.73 Å². The minimum absolute atomic E-state index is 0.181. The Hall–Kier alpha value is -0.900. The van der Waals surface area contributed by atoms with E-state index in [1.54, 1.807) is 0 Å². The Morgan fingerprint density at radius 2 is 1.95 bits per heavy atom. The van der Waals surface area contributed by atoms with Crippen molar-refractivity contribution in [1.29, 1.82) is 0 Å². The maximum Gasteiger partial charge on any atom is 0.0593 e. The van der Waals surface area contributed by atoms with Gasteiger partial charge < -0.3 is 10.5 Å². The number of benzene rings is 1. The van der Waals surface area contributed by atoms with Crippen LogP contribution in [0.5, 0.6) is 0 Å². The van der Waals surface area contributed by atoms with Gasteiger partial charge in [0.05, 0.1) is 6.61 Å². The lowest BCUT2D eigenvalue weighted by Crippen LogP contribution is -2.42. The average Bonchev–Trinajstić information content (AvgIpc) is 2.70. The summed E-state index contributed by atoms with van der Waals surface area (Å²) in [5.41, 5.74) is 9.02. The Morgan fingerprint density at radius 3 is 2.63 bits per heavy atom. The van der Waals surface area contributed by atoms with Crippen LogP contribution in [0.1, 0.15) is 36.9 Å². The van der Waals surface area contributed by atoms with E-state index < -0.39 is 0 Å². The lowest BCUT2D eigenvalue weighted by molar-refractivity contribution is 0.125. The van der Waals surface area contributed by atoms with Crippen molar-refractivity contribution in [1.82, 2.24) is 4.90 Å². The molecule has 2 N–H and O–H groups in total. The molecule has 0 saturated carbocycles. The molecule has 1 fully saturated rings. The number of nitrogens with zero attached hydrogens (tertiary/aromatic N) is 1. The van der Waals surface area contributed by atoms with Gasteiger partial charge in [0.1, 0.15) is 0 Å². The molecule has 106 valence electrons. The van der Waals surface area contributed by atoms with Crippen molar-refractivity contribution in [3.63, 3.8) is 0 Å².